The molecule has 5 aromatic rings. The summed E-state index contributed by atoms with van der Waals surface area (Å²) in [5.74, 6) is 2.20. The molecule has 1 atom stereocenters. The smallest absolute Gasteiger partial charge is 0.328 e. The third-order valence-electron chi connectivity index (χ3n) is 7.03. The molecule has 184 valence electrons. The summed E-state index contributed by atoms with van der Waals surface area (Å²) in [6.45, 7) is 4.01. The highest BCUT2D eigenvalue weighted by molar-refractivity contribution is 5.88. The molecule has 1 aliphatic rings. The lowest BCUT2D eigenvalue weighted by molar-refractivity contribution is 0.192. The lowest BCUT2D eigenvalue weighted by Gasteiger charge is -2.15. The van der Waals surface area contributed by atoms with Gasteiger partial charge in [0.2, 0.25) is 5.88 Å². The van der Waals surface area contributed by atoms with E-state index in [4.69, 9.17) is 19.4 Å². The van der Waals surface area contributed by atoms with Gasteiger partial charge in [0.25, 0.3) is 0 Å². The van der Waals surface area contributed by atoms with Gasteiger partial charge in [-0.15, -0.1) is 0 Å². The standard InChI is InChI=1S/C26H27N7O3/c1-14-17-13-28-33(20(17)10-19(29-14)18-12-27-9-8-22(18)35-5)23-11-21-24(32(4)26(34)31(21)3)25(30-23)36-15(2)16-6-7-16/h8-13,15-16H,6-7H2,1-5H3. The lowest BCUT2D eigenvalue weighted by Crippen LogP contribution is -2.20. The molecule has 0 radical (unpaired) electrons. The van der Waals surface area contributed by atoms with Crippen molar-refractivity contribution >= 4 is 21.9 Å². The van der Waals surface area contributed by atoms with E-state index in [0.717, 1.165) is 46.2 Å². The van der Waals surface area contributed by atoms with Gasteiger partial charge in [-0.2, -0.15) is 10.1 Å². The van der Waals surface area contributed by atoms with Crippen LogP contribution in [0.4, 0.5) is 0 Å². The molecule has 1 fully saturated rings. The van der Waals surface area contributed by atoms with Crippen molar-refractivity contribution in [3.05, 3.63) is 53.0 Å². The van der Waals surface area contributed by atoms with E-state index < -0.39 is 0 Å². The molecule has 1 saturated carbocycles. The predicted octanol–water partition coefficient (Wildman–Crippen LogP) is 3.56. The minimum Gasteiger partial charge on any atom is -0.496 e. The number of fused-ring (bicyclic) bond motifs is 2. The Morgan fingerprint density at radius 2 is 1.89 bits per heavy atom. The maximum absolute atomic E-state index is 12.8. The van der Waals surface area contributed by atoms with Gasteiger partial charge in [-0.1, -0.05) is 0 Å². The number of methoxy groups -OCH3 is 1. The molecule has 0 saturated heterocycles. The molecule has 1 unspecified atom stereocenters. The zero-order valence-corrected chi connectivity index (χ0v) is 20.9. The average molecular weight is 486 g/mol. The van der Waals surface area contributed by atoms with E-state index >= 15 is 0 Å². The normalized spacial score (nSPS) is 14.5. The summed E-state index contributed by atoms with van der Waals surface area (Å²) in [5.41, 5.74) is 4.43. The second kappa shape index (κ2) is 8.18. The Labute approximate surface area is 207 Å². The van der Waals surface area contributed by atoms with Gasteiger partial charge in [0, 0.05) is 43.6 Å². The van der Waals surface area contributed by atoms with Crippen molar-refractivity contribution in [2.45, 2.75) is 32.8 Å². The van der Waals surface area contributed by atoms with Crippen molar-refractivity contribution in [1.82, 2.24) is 33.9 Å². The number of nitrogens with zero attached hydrogens (tertiary/aromatic N) is 7. The second-order valence-corrected chi connectivity index (χ2v) is 9.37. The Balaban J connectivity index is 1.57. The first-order valence-corrected chi connectivity index (χ1v) is 11.9. The van der Waals surface area contributed by atoms with Crippen LogP contribution in [0, 0.1) is 12.8 Å². The average Bonchev–Trinajstić information content (AvgIpc) is 3.61. The van der Waals surface area contributed by atoms with Gasteiger partial charge in [-0.3, -0.25) is 19.1 Å². The Hall–Kier alpha value is -4.21. The van der Waals surface area contributed by atoms with E-state index in [1.807, 2.05) is 25.1 Å². The van der Waals surface area contributed by atoms with Gasteiger partial charge in [-0.25, -0.2) is 9.48 Å². The van der Waals surface area contributed by atoms with Crippen LogP contribution < -0.4 is 15.2 Å². The van der Waals surface area contributed by atoms with Gasteiger partial charge >= 0.3 is 5.69 Å². The SMILES string of the molecule is COc1ccncc1-c1cc2c(cnn2-c2cc3c(c(OC(C)C4CC4)n2)n(C)c(=O)n3C)c(C)n1. The summed E-state index contributed by atoms with van der Waals surface area (Å²) in [7, 11) is 5.12. The Bertz CT molecular complexity index is 1690. The van der Waals surface area contributed by atoms with Crippen molar-refractivity contribution in [1.29, 1.82) is 0 Å². The van der Waals surface area contributed by atoms with Gasteiger partial charge in [0.15, 0.2) is 5.82 Å². The van der Waals surface area contributed by atoms with Crippen LogP contribution in [0.15, 0.2) is 41.6 Å². The molecule has 0 amide bonds. The zero-order valence-electron chi connectivity index (χ0n) is 20.9. The zero-order chi connectivity index (χ0) is 25.1. The Morgan fingerprint density at radius 3 is 2.64 bits per heavy atom. The molecule has 0 N–H and O–H groups in total. The van der Waals surface area contributed by atoms with Crippen LogP contribution in [-0.4, -0.2) is 47.1 Å². The maximum atomic E-state index is 12.8. The first-order valence-electron chi connectivity index (χ1n) is 11.9. The molecule has 1 aliphatic carbocycles. The molecule has 36 heavy (non-hydrogen) atoms. The molecule has 0 aliphatic heterocycles. The molecule has 10 heteroatoms. The fourth-order valence-corrected chi connectivity index (χ4v) is 4.76. The van der Waals surface area contributed by atoms with Crippen molar-refractivity contribution in [2.75, 3.05) is 7.11 Å². The monoisotopic (exact) mass is 485 g/mol. The molecule has 0 aromatic carbocycles. The summed E-state index contributed by atoms with van der Waals surface area (Å²) in [4.78, 5) is 26.7. The van der Waals surface area contributed by atoms with Crippen LogP contribution in [0.3, 0.4) is 0 Å². The minimum atomic E-state index is -0.135. The predicted molar refractivity (Wildman–Crippen MR) is 136 cm³/mol. The van der Waals surface area contributed by atoms with Gasteiger partial charge in [0.1, 0.15) is 17.4 Å². The minimum absolute atomic E-state index is 0.0108. The van der Waals surface area contributed by atoms with Gasteiger partial charge < -0.3 is 9.47 Å². The first kappa shape index (κ1) is 22.3. The van der Waals surface area contributed by atoms with Crippen molar-refractivity contribution < 1.29 is 9.47 Å². The number of hydrogen-bond donors (Lipinski definition) is 0. The van der Waals surface area contributed by atoms with E-state index in [1.54, 1.807) is 53.6 Å². The molecule has 10 nitrogen and oxygen atoms in total. The molecule has 0 spiro atoms. The molecule has 5 heterocycles. The Kier molecular flexibility index (Phi) is 5.06. The fourth-order valence-electron chi connectivity index (χ4n) is 4.76. The van der Waals surface area contributed by atoms with Crippen molar-refractivity contribution in [3.63, 3.8) is 0 Å². The Morgan fingerprint density at radius 1 is 1.08 bits per heavy atom. The third-order valence-corrected chi connectivity index (χ3v) is 7.03. The van der Waals surface area contributed by atoms with Crippen LogP contribution in [-0.2, 0) is 14.1 Å². The van der Waals surface area contributed by atoms with Crippen molar-refractivity contribution in [2.24, 2.45) is 20.0 Å². The van der Waals surface area contributed by atoms with E-state index in [2.05, 4.69) is 17.0 Å². The number of hydrogen-bond acceptors (Lipinski definition) is 7. The van der Waals surface area contributed by atoms with E-state index in [-0.39, 0.29) is 11.8 Å². The number of aromatic nitrogens is 7. The first-order chi connectivity index (χ1) is 17.4. The summed E-state index contributed by atoms with van der Waals surface area (Å²) in [6.07, 6.45) is 7.51. The summed E-state index contributed by atoms with van der Waals surface area (Å²) < 4.78 is 16.8. The molecule has 6 rings (SSSR count). The lowest BCUT2D eigenvalue weighted by atomic mass is 10.1. The highest BCUT2D eigenvalue weighted by atomic mass is 16.5. The van der Waals surface area contributed by atoms with Gasteiger partial charge in [0.05, 0.1) is 35.6 Å². The maximum Gasteiger partial charge on any atom is 0.328 e. The highest BCUT2D eigenvalue weighted by Gasteiger charge is 2.31. The topological polar surface area (TPSA) is 102 Å². The summed E-state index contributed by atoms with van der Waals surface area (Å²) in [5, 5.41) is 5.56. The summed E-state index contributed by atoms with van der Waals surface area (Å²) >= 11 is 0. The quantitative estimate of drug-likeness (QED) is 0.362. The number of aryl methyl sites for hydroxylation is 3. The largest absolute Gasteiger partial charge is 0.496 e. The van der Waals surface area contributed by atoms with Crippen LogP contribution in [0.2, 0.25) is 0 Å². The molecule has 5 aromatic heterocycles. The number of rotatable bonds is 6. The summed E-state index contributed by atoms with van der Waals surface area (Å²) in [6, 6.07) is 5.64. The molecular formula is C26H27N7O3. The van der Waals surface area contributed by atoms with E-state index in [9.17, 15) is 4.79 Å². The van der Waals surface area contributed by atoms with Crippen LogP contribution in [0.5, 0.6) is 11.6 Å². The highest BCUT2D eigenvalue weighted by Crippen LogP contribution is 2.36. The van der Waals surface area contributed by atoms with E-state index in [1.165, 1.54) is 0 Å². The number of ether oxygens (including phenoxy) is 2. The number of pyridine rings is 3. The number of imidazole rings is 1. The second-order valence-electron chi connectivity index (χ2n) is 9.37. The van der Waals surface area contributed by atoms with Crippen LogP contribution >= 0.6 is 0 Å². The van der Waals surface area contributed by atoms with Crippen LogP contribution in [0.25, 0.3) is 39.0 Å². The van der Waals surface area contributed by atoms with Gasteiger partial charge in [-0.05, 0) is 44.7 Å². The molecule has 0 bridgehead atoms. The van der Waals surface area contributed by atoms with Crippen LogP contribution in [0.1, 0.15) is 25.5 Å². The third kappa shape index (κ3) is 3.43. The van der Waals surface area contributed by atoms with E-state index in [0.29, 0.717) is 28.9 Å². The van der Waals surface area contributed by atoms with Crippen molar-refractivity contribution in [3.8, 4) is 28.7 Å². The molecular weight excluding hydrogens is 458 g/mol. The fraction of sp³-hybridized carbons (Fsp3) is 0.346.